The predicted octanol–water partition coefficient (Wildman–Crippen LogP) is 1.93. The molecule has 0 spiro atoms. The van der Waals surface area contributed by atoms with Crippen molar-refractivity contribution in [3.63, 3.8) is 0 Å². The van der Waals surface area contributed by atoms with Crippen LogP contribution in [0.3, 0.4) is 0 Å². The number of H-pyrrole nitrogens is 1. The number of nitrogens with zero attached hydrogens (tertiary/aromatic N) is 2. The summed E-state index contributed by atoms with van der Waals surface area (Å²) in [6.07, 6.45) is 0. The van der Waals surface area contributed by atoms with E-state index in [4.69, 9.17) is 12.2 Å². The highest BCUT2D eigenvalue weighted by molar-refractivity contribution is 7.71. The number of imidazole rings is 1. The Bertz CT molecular complexity index is 641. The van der Waals surface area contributed by atoms with Crippen molar-refractivity contribution in [2.45, 2.75) is 33.4 Å². The molecule has 0 bridgehead atoms. The molecule has 1 amide bonds. The number of hydrogen-bond acceptors (Lipinski definition) is 3. The van der Waals surface area contributed by atoms with Crippen LogP contribution in [0.25, 0.3) is 11.2 Å². The molecule has 18 heavy (non-hydrogen) atoms. The first-order valence-electron chi connectivity index (χ1n) is 5.83. The van der Waals surface area contributed by atoms with Crippen LogP contribution in [-0.2, 0) is 11.3 Å². The van der Waals surface area contributed by atoms with Gasteiger partial charge in [0.2, 0.25) is 5.91 Å². The first-order chi connectivity index (χ1) is 8.47. The van der Waals surface area contributed by atoms with Crippen molar-refractivity contribution in [2.24, 2.45) is 0 Å². The molecule has 0 aliphatic carbocycles. The van der Waals surface area contributed by atoms with E-state index in [1.165, 1.54) is 0 Å². The van der Waals surface area contributed by atoms with Gasteiger partial charge in [0, 0.05) is 11.7 Å². The standard InChI is InChI=1S/C12H16N4OS/c1-7(2)13-10(17)6-16-11-9(15-12(16)18)5-4-8(3)14-11/h4-5,7H,6H2,1-3H3,(H,13,17)(H,15,18). The highest BCUT2D eigenvalue weighted by Crippen LogP contribution is 2.12. The number of fused-ring (bicyclic) bond motifs is 1. The number of carbonyl (C=O) groups is 1. The molecule has 0 unspecified atom stereocenters. The molecule has 0 atom stereocenters. The largest absolute Gasteiger partial charge is 0.352 e. The van der Waals surface area contributed by atoms with Gasteiger partial charge in [-0.1, -0.05) is 0 Å². The molecule has 2 aromatic rings. The number of aromatic nitrogens is 3. The van der Waals surface area contributed by atoms with E-state index in [1.807, 2.05) is 32.9 Å². The molecule has 0 saturated carbocycles. The second-order valence-electron chi connectivity index (χ2n) is 4.56. The van der Waals surface area contributed by atoms with Gasteiger partial charge in [-0.25, -0.2) is 4.98 Å². The summed E-state index contributed by atoms with van der Waals surface area (Å²) in [5, 5.41) is 2.84. The molecular formula is C12H16N4OS. The number of aromatic amines is 1. The molecule has 6 heteroatoms. The molecule has 0 fully saturated rings. The molecule has 2 heterocycles. The number of hydrogen-bond donors (Lipinski definition) is 2. The lowest BCUT2D eigenvalue weighted by Gasteiger charge is -2.09. The monoisotopic (exact) mass is 264 g/mol. The number of amides is 1. The Kier molecular flexibility index (Phi) is 3.47. The third-order valence-corrected chi connectivity index (χ3v) is 2.83. The summed E-state index contributed by atoms with van der Waals surface area (Å²) >= 11 is 5.22. The second kappa shape index (κ2) is 4.89. The maximum Gasteiger partial charge on any atom is 0.240 e. The average Bonchev–Trinajstić information content (AvgIpc) is 2.55. The first-order valence-corrected chi connectivity index (χ1v) is 6.23. The van der Waals surface area contributed by atoms with Gasteiger partial charge >= 0.3 is 0 Å². The van der Waals surface area contributed by atoms with Gasteiger partial charge in [-0.2, -0.15) is 0 Å². The number of aryl methyl sites for hydroxylation is 1. The molecular weight excluding hydrogens is 248 g/mol. The topological polar surface area (TPSA) is 62.7 Å². The van der Waals surface area contributed by atoms with Gasteiger partial charge in [0.05, 0.1) is 5.52 Å². The van der Waals surface area contributed by atoms with E-state index in [0.717, 1.165) is 16.9 Å². The van der Waals surface area contributed by atoms with Crippen molar-refractivity contribution in [2.75, 3.05) is 0 Å². The van der Waals surface area contributed by atoms with Crippen LogP contribution in [0.15, 0.2) is 12.1 Å². The summed E-state index contributed by atoms with van der Waals surface area (Å²) in [5.74, 6) is -0.0645. The number of carbonyl (C=O) groups excluding carboxylic acids is 1. The fourth-order valence-corrected chi connectivity index (χ4v) is 2.04. The minimum Gasteiger partial charge on any atom is -0.352 e. The zero-order chi connectivity index (χ0) is 13.3. The molecule has 0 aliphatic rings. The fourth-order valence-electron chi connectivity index (χ4n) is 1.78. The maximum atomic E-state index is 11.8. The molecule has 0 saturated heterocycles. The summed E-state index contributed by atoms with van der Waals surface area (Å²) in [4.78, 5) is 19.2. The van der Waals surface area contributed by atoms with E-state index < -0.39 is 0 Å². The summed E-state index contributed by atoms with van der Waals surface area (Å²) in [6.45, 7) is 5.95. The molecule has 96 valence electrons. The minimum absolute atomic E-state index is 0.0645. The van der Waals surface area contributed by atoms with Gasteiger partial charge in [0.1, 0.15) is 6.54 Å². The predicted molar refractivity (Wildman–Crippen MR) is 72.9 cm³/mol. The first kappa shape index (κ1) is 12.8. The van der Waals surface area contributed by atoms with Crippen LogP contribution in [-0.4, -0.2) is 26.5 Å². The van der Waals surface area contributed by atoms with E-state index in [9.17, 15) is 4.79 Å². The van der Waals surface area contributed by atoms with Crippen LogP contribution >= 0.6 is 12.2 Å². The Morgan fingerprint density at radius 2 is 2.28 bits per heavy atom. The van der Waals surface area contributed by atoms with E-state index in [-0.39, 0.29) is 18.5 Å². The van der Waals surface area contributed by atoms with Gasteiger partial charge in [-0.3, -0.25) is 9.36 Å². The number of pyridine rings is 1. The Morgan fingerprint density at radius 1 is 1.56 bits per heavy atom. The Labute approximate surface area is 110 Å². The molecule has 2 aromatic heterocycles. The van der Waals surface area contributed by atoms with Crippen molar-refractivity contribution in [1.29, 1.82) is 0 Å². The lowest BCUT2D eigenvalue weighted by molar-refractivity contribution is -0.122. The van der Waals surface area contributed by atoms with E-state index in [0.29, 0.717) is 4.77 Å². The van der Waals surface area contributed by atoms with Gasteiger partial charge in [-0.05, 0) is 45.1 Å². The quantitative estimate of drug-likeness (QED) is 0.833. The second-order valence-corrected chi connectivity index (χ2v) is 4.95. The summed E-state index contributed by atoms with van der Waals surface area (Å²) in [5.41, 5.74) is 2.47. The number of nitrogens with one attached hydrogen (secondary N) is 2. The molecule has 0 radical (unpaired) electrons. The molecule has 2 N–H and O–H groups in total. The van der Waals surface area contributed by atoms with Gasteiger partial charge in [0.15, 0.2) is 10.4 Å². The summed E-state index contributed by atoms with van der Waals surface area (Å²) in [6, 6.07) is 3.95. The fraction of sp³-hybridized carbons (Fsp3) is 0.417. The lowest BCUT2D eigenvalue weighted by atomic mass is 10.3. The molecule has 0 aromatic carbocycles. The van der Waals surface area contributed by atoms with Crippen LogP contribution in [0.2, 0.25) is 0 Å². The summed E-state index contributed by atoms with van der Waals surface area (Å²) in [7, 11) is 0. The van der Waals surface area contributed by atoms with Gasteiger partial charge < -0.3 is 10.3 Å². The normalized spacial score (nSPS) is 11.1. The Hall–Kier alpha value is -1.69. The van der Waals surface area contributed by atoms with Crippen molar-refractivity contribution in [3.05, 3.63) is 22.6 Å². The van der Waals surface area contributed by atoms with E-state index in [1.54, 1.807) is 4.57 Å². The van der Waals surface area contributed by atoms with Gasteiger partial charge in [0.25, 0.3) is 0 Å². The van der Waals surface area contributed by atoms with Crippen molar-refractivity contribution < 1.29 is 4.79 Å². The Morgan fingerprint density at radius 3 is 2.94 bits per heavy atom. The number of rotatable bonds is 3. The van der Waals surface area contributed by atoms with Crippen LogP contribution in [0.5, 0.6) is 0 Å². The third kappa shape index (κ3) is 2.59. The van der Waals surface area contributed by atoms with Crippen molar-refractivity contribution >= 4 is 29.3 Å². The van der Waals surface area contributed by atoms with Gasteiger partial charge in [-0.15, -0.1) is 0 Å². The smallest absolute Gasteiger partial charge is 0.240 e. The molecule has 0 aliphatic heterocycles. The third-order valence-electron chi connectivity index (χ3n) is 2.51. The molecule has 5 nitrogen and oxygen atoms in total. The maximum absolute atomic E-state index is 11.8. The average molecular weight is 264 g/mol. The van der Waals surface area contributed by atoms with Crippen LogP contribution in [0.4, 0.5) is 0 Å². The van der Waals surface area contributed by atoms with Crippen LogP contribution in [0, 0.1) is 11.7 Å². The van der Waals surface area contributed by atoms with Crippen molar-refractivity contribution in [3.8, 4) is 0 Å². The van der Waals surface area contributed by atoms with Crippen molar-refractivity contribution in [1.82, 2.24) is 19.9 Å². The lowest BCUT2D eigenvalue weighted by Crippen LogP contribution is -2.33. The van der Waals surface area contributed by atoms with E-state index in [2.05, 4.69) is 15.3 Å². The highest BCUT2D eigenvalue weighted by Gasteiger charge is 2.10. The zero-order valence-corrected chi connectivity index (χ0v) is 11.5. The zero-order valence-electron chi connectivity index (χ0n) is 10.7. The Balaban J connectivity index is 2.38. The molecule has 2 rings (SSSR count). The SMILES string of the molecule is Cc1ccc2[nH]c(=S)n(CC(=O)NC(C)C)c2n1. The minimum atomic E-state index is -0.0645. The highest BCUT2D eigenvalue weighted by atomic mass is 32.1. The summed E-state index contributed by atoms with van der Waals surface area (Å²) < 4.78 is 2.23. The van der Waals surface area contributed by atoms with Crippen LogP contribution < -0.4 is 5.32 Å². The van der Waals surface area contributed by atoms with Crippen LogP contribution in [0.1, 0.15) is 19.5 Å². The van der Waals surface area contributed by atoms with E-state index >= 15 is 0 Å².